The van der Waals surface area contributed by atoms with E-state index in [1.165, 1.54) is 29.5 Å². The van der Waals surface area contributed by atoms with Gasteiger partial charge in [-0.05, 0) is 49.1 Å². The Balaban J connectivity index is 1.69. The van der Waals surface area contributed by atoms with Gasteiger partial charge in [0.2, 0.25) is 5.91 Å². The SMILES string of the molecule is C/C(=N/N=C1\NC(=O)[C@H](Cc2ccccc2C)S1)c1ccc(F)cc1. The predicted octanol–water partition coefficient (Wildman–Crippen LogP) is 3.69. The highest BCUT2D eigenvalue weighted by Crippen LogP contribution is 2.24. The molecule has 1 fully saturated rings. The van der Waals surface area contributed by atoms with Gasteiger partial charge in [-0.25, -0.2) is 4.39 Å². The minimum absolute atomic E-state index is 0.0540. The van der Waals surface area contributed by atoms with E-state index in [9.17, 15) is 9.18 Å². The van der Waals surface area contributed by atoms with E-state index in [1.807, 2.05) is 31.2 Å². The van der Waals surface area contributed by atoms with Crippen molar-refractivity contribution in [1.82, 2.24) is 5.32 Å². The molecule has 6 heteroatoms. The van der Waals surface area contributed by atoms with Crippen LogP contribution in [0.3, 0.4) is 0 Å². The van der Waals surface area contributed by atoms with Crippen LogP contribution in [-0.4, -0.2) is 22.0 Å². The Hall–Kier alpha value is -2.47. The van der Waals surface area contributed by atoms with Gasteiger partial charge in [-0.15, -0.1) is 5.10 Å². The number of benzene rings is 2. The van der Waals surface area contributed by atoms with Crippen molar-refractivity contribution < 1.29 is 9.18 Å². The molecule has 4 nitrogen and oxygen atoms in total. The molecule has 2 aromatic rings. The molecular weight excluding hydrogens is 337 g/mol. The molecule has 3 rings (SSSR count). The monoisotopic (exact) mass is 355 g/mol. The normalized spacial score (nSPS) is 19.3. The van der Waals surface area contributed by atoms with Crippen LogP contribution >= 0.6 is 11.8 Å². The molecule has 0 bridgehead atoms. The lowest BCUT2D eigenvalue weighted by Gasteiger charge is -2.07. The molecule has 0 unspecified atom stereocenters. The zero-order valence-electron chi connectivity index (χ0n) is 14.0. The Morgan fingerprint density at radius 3 is 2.64 bits per heavy atom. The van der Waals surface area contributed by atoms with Crippen LogP contribution in [0.4, 0.5) is 4.39 Å². The summed E-state index contributed by atoms with van der Waals surface area (Å²) in [5.41, 5.74) is 3.77. The summed E-state index contributed by atoms with van der Waals surface area (Å²) in [5, 5.41) is 11.3. The van der Waals surface area contributed by atoms with Gasteiger partial charge in [-0.3, -0.25) is 4.79 Å². The van der Waals surface area contributed by atoms with Crippen molar-refractivity contribution in [3.63, 3.8) is 0 Å². The van der Waals surface area contributed by atoms with Gasteiger partial charge in [0.05, 0.1) is 11.0 Å². The number of hydrogen-bond acceptors (Lipinski definition) is 4. The molecule has 128 valence electrons. The molecule has 1 amide bonds. The number of amidine groups is 1. The van der Waals surface area contributed by atoms with Crippen molar-refractivity contribution in [1.29, 1.82) is 0 Å². The average molecular weight is 355 g/mol. The predicted molar refractivity (Wildman–Crippen MR) is 100 cm³/mol. The van der Waals surface area contributed by atoms with Gasteiger partial charge in [0.15, 0.2) is 5.17 Å². The number of hydrogen-bond donors (Lipinski definition) is 1. The van der Waals surface area contributed by atoms with Crippen LogP contribution in [0, 0.1) is 12.7 Å². The number of nitrogens with zero attached hydrogens (tertiary/aromatic N) is 2. The molecule has 1 saturated heterocycles. The zero-order valence-corrected chi connectivity index (χ0v) is 14.8. The first-order valence-corrected chi connectivity index (χ1v) is 8.81. The molecule has 0 saturated carbocycles. The first-order chi connectivity index (χ1) is 12.0. The highest BCUT2D eigenvalue weighted by Gasteiger charge is 2.30. The molecule has 0 aromatic heterocycles. The number of nitrogens with one attached hydrogen (secondary N) is 1. The van der Waals surface area contributed by atoms with Crippen LogP contribution in [0.5, 0.6) is 0 Å². The summed E-state index contributed by atoms with van der Waals surface area (Å²) >= 11 is 1.38. The van der Waals surface area contributed by atoms with Crippen molar-refractivity contribution in [2.24, 2.45) is 10.2 Å². The topological polar surface area (TPSA) is 53.8 Å². The Morgan fingerprint density at radius 1 is 1.20 bits per heavy atom. The summed E-state index contributed by atoms with van der Waals surface area (Å²) in [6.45, 7) is 3.84. The van der Waals surface area contributed by atoms with E-state index >= 15 is 0 Å². The van der Waals surface area contributed by atoms with E-state index < -0.39 is 0 Å². The molecule has 1 atom stereocenters. The van der Waals surface area contributed by atoms with Gasteiger partial charge >= 0.3 is 0 Å². The van der Waals surface area contributed by atoms with Gasteiger partial charge in [0.1, 0.15) is 5.82 Å². The minimum atomic E-state index is -0.291. The largest absolute Gasteiger partial charge is 0.303 e. The van der Waals surface area contributed by atoms with Crippen molar-refractivity contribution in [2.75, 3.05) is 0 Å². The minimum Gasteiger partial charge on any atom is -0.303 e. The lowest BCUT2D eigenvalue weighted by Crippen LogP contribution is -2.26. The number of thioether (sulfide) groups is 1. The fraction of sp³-hybridized carbons (Fsp3) is 0.211. The van der Waals surface area contributed by atoms with Crippen LogP contribution in [0.1, 0.15) is 23.6 Å². The fourth-order valence-corrected chi connectivity index (χ4v) is 3.44. The summed E-state index contributed by atoms with van der Waals surface area (Å²) in [7, 11) is 0. The Bertz CT molecular complexity index is 846. The lowest BCUT2D eigenvalue weighted by atomic mass is 10.0. The van der Waals surface area contributed by atoms with E-state index in [-0.39, 0.29) is 17.0 Å². The molecular formula is C19H18FN3OS. The highest BCUT2D eigenvalue weighted by molar-refractivity contribution is 8.15. The highest BCUT2D eigenvalue weighted by atomic mass is 32.2. The van der Waals surface area contributed by atoms with Crippen LogP contribution in [0.15, 0.2) is 58.7 Å². The van der Waals surface area contributed by atoms with Crippen LogP contribution in [0.2, 0.25) is 0 Å². The lowest BCUT2D eigenvalue weighted by molar-refractivity contribution is -0.118. The van der Waals surface area contributed by atoms with Gasteiger partial charge in [-0.1, -0.05) is 48.2 Å². The van der Waals surface area contributed by atoms with E-state index in [1.54, 1.807) is 19.1 Å². The quantitative estimate of drug-likeness (QED) is 0.672. The third kappa shape index (κ3) is 4.33. The summed E-state index contributed by atoms with van der Waals surface area (Å²) in [5.74, 6) is -0.345. The molecule has 0 radical (unpaired) electrons. The van der Waals surface area contributed by atoms with Gasteiger partial charge < -0.3 is 5.32 Å². The molecule has 0 aliphatic carbocycles. The van der Waals surface area contributed by atoms with Gasteiger partial charge in [0.25, 0.3) is 0 Å². The Kier molecular flexibility index (Phi) is 5.28. The van der Waals surface area contributed by atoms with E-state index in [4.69, 9.17) is 0 Å². The first kappa shape index (κ1) is 17.4. The third-order valence-corrected chi connectivity index (χ3v) is 5.07. The van der Waals surface area contributed by atoms with E-state index in [0.29, 0.717) is 17.3 Å². The number of amides is 1. The van der Waals surface area contributed by atoms with E-state index in [0.717, 1.165) is 11.1 Å². The van der Waals surface area contributed by atoms with E-state index in [2.05, 4.69) is 15.5 Å². The maximum absolute atomic E-state index is 13.0. The van der Waals surface area contributed by atoms with Crippen molar-refractivity contribution in [3.8, 4) is 0 Å². The van der Waals surface area contributed by atoms with Crippen LogP contribution in [0.25, 0.3) is 0 Å². The maximum Gasteiger partial charge on any atom is 0.239 e. The summed E-state index contributed by atoms with van der Waals surface area (Å²) in [6.07, 6.45) is 0.656. The van der Waals surface area contributed by atoms with Gasteiger partial charge in [0, 0.05) is 0 Å². The van der Waals surface area contributed by atoms with Crippen LogP contribution < -0.4 is 5.32 Å². The maximum atomic E-state index is 13.0. The van der Waals surface area contributed by atoms with Crippen LogP contribution in [-0.2, 0) is 11.2 Å². The molecule has 25 heavy (non-hydrogen) atoms. The second-order valence-electron chi connectivity index (χ2n) is 5.82. The second-order valence-corrected chi connectivity index (χ2v) is 7.02. The molecule has 1 N–H and O–H groups in total. The summed E-state index contributed by atoms with van der Waals surface area (Å²) in [6, 6.07) is 14.1. The molecule has 1 aliphatic heterocycles. The summed E-state index contributed by atoms with van der Waals surface area (Å²) in [4.78, 5) is 12.1. The smallest absolute Gasteiger partial charge is 0.239 e. The molecule has 1 aliphatic rings. The number of halogens is 1. The van der Waals surface area contributed by atoms with Crippen molar-refractivity contribution in [2.45, 2.75) is 25.5 Å². The number of carbonyl (C=O) groups excluding carboxylic acids is 1. The number of aryl methyl sites for hydroxylation is 1. The zero-order chi connectivity index (χ0) is 17.8. The number of carbonyl (C=O) groups is 1. The Morgan fingerprint density at radius 2 is 1.92 bits per heavy atom. The van der Waals surface area contributed by atoms with Gasteiger partial charge in [-0.2, -0.15) is 5.10 Å². The third-order valence-electron chi connectivity index (χ3n) is 4.00. The second kappa shape index (κ2) is 7.61. The Labute approximate surface area is 150 Å². The fourth-order valence-electron chi connectivity index (χ4n) is 2.49. The average Bonchev–Trinajstić information content (AvgIpc) is 2.95. The molecule has 2 aromatic carbocycles. The first-order valence-electron chi connectivity index (χ1n) is 7.93. The molecule has 0 spiro atoms. The van der Waals surface area contributed by atoms with Crippen molar-refractivity contribution in [3.05, 3.63) is 71.0 Å². The summed E-state index contributed by atoms with van der Waals surface area (Å²) < 4.78 is 13.0. The van der Waals surface area contributed by atoms with Crippen molar-refractivity contribution >= 4 is 28.5 Å². The molecule has 1 heterocycles. The number of rotatable bonds is 4. The standard InChI is InChI=1S/C19H18FN3OS/c1-12-5-3-4-6-15(12)11-17-18(24)21-19(25-17)23-22-13(2)14-7-9-16(20)10-8-14/h3-10,17H,11H2,1-2H3,(H,21,23,24)/b22-13-/t17-/m0/s1.